The Hall–Kier alpha value is -1.06. The molecule has 1 aromatic carbocycles. The van der Waals surface area contributed by atoms with Gasteiger partial charge in [0.25, 0.3) is 0 Å². The van der Waals surface area contributed by atoms with Crippen molar-refractivity contribution in [3.05, 3.63) is 34.9 Å². The molecule has 0 saturated carbocycles. The third-order valence-electron chi connectivity index (χ3n) is 3.24. The number of amides is 1. The number of aliphatic hydroxyl groups excluding tert-OH is 1. The highest BCUT2D eigenvalue weighted by atomic mass is 35.5. The Labute approximate surface area is 126 Å². The van der Waals surface area contributed by atoms with Crippen molar-refractivity contribution in [1.29, 1.82) is 0 Å². The van der Waals surface area contributed by atoms with Gasteiger partial charge in [0.05, 0.1) is 6.42 Å². The summed E-state index contributed by atoms with van der Waals surface area (Å²) >= 11 is 6.04. The summed E-state index contributed by atoms with van der Waals surface area (Å²) < 4.78 is 0. The second-order valence-corrected chi connectivity index (χ2v) is 5.99. The minimum absolute atomic E-state index is 0.0233. The molecule has 0 aliphatic heterocycles. The molecular weight excluding hydrogens is 274 g/mol. The Morgan fingerprint density at radius 2 is 2.05 bits per heavy atom. The normalized spacial score (nSPS) is 12.4. The first-order valence-electron chi connectivity index (χ1n) is 7.14. The minimum atomic E-state index is -0.0233. The molecule has 0 radical (unpaired) electrons. The van der Waals surface area contributed by atoms with Crippen LogP contribution in [0, 0.1) is 11.8 Å². The van der Waals surface area contributed by atoms with Crippen LogP contribution >= 0.6 is 11.6 Å². The number of halogens is 1. The van der Waals surface area contributed by atoms with Gasteiger partial charge in [-0.1, -0.05) is 43.6 Å². The van der Waals surface area contributed by atoms with Gasteiger partial charge in [0, 0.05) is 18.2 Å². The Morgan fingerprint density at radius 3 is 2.65 bits per heavy atom. The molecule has 0 aliphatic carbocycles. The summed E-state index contributed by atoms with van der Waals surface area (Å²) in [6, 6.07) is 7.38. The van der Waals surface area contributed by atoms with E-state index < -0.39 is 0 Å². The van der Waals surface area contributed by atoms with Crippen LogP contribution in [0.5, 0.6) is 0 Å². The highest BCUT2D eigenvalue weighted by molar-refractivity contribution is 6.31. The lowest BCUT2D eigenvalue weighted by Crippen LogP contribution is -2.31. The zero-order chi connectivity index (χ0) is 15.0. The quantitative estimate of drug-likeness (QED) is 0.775. The van der Waals surface area contributed by atoms with Crippen molar-refractivity contribution in [2.45, 2.75) is 33.1 Å². The van der Waals surface area contributed by atoms with E-state index >= 15 is 0 Å². The molecule has 1 unspecified atom stereocenters. The van der Waals surface area contributed by atoms with E-state index in [9.17, 15) is 4.79 Å². The fourth-order valence-corrected chi connectivity index (χ4v) is 2.49. The topological polar surface area (TPSA) is 49.3 Å². The molecule has 0 bridgehead atoms. The first kappa shape index (κ1) is 17.0. The van der Waals surface area contributed by atoms with Gasteiger partial charge in [0.1, 0.15) is 0 Å². The molecule has 3 nitrogen and oxygen atoms in total. The summed E-state index contributed by atoms with van der Waals surface area (Å²) in [6.45, 7) is 5.08. The number of aliphatic hydroxyl groups is 1. The Balaban J connectivity index is 2.43. The molecule has 0 saturated heterocycles. The molecule has 2 N–H and O–H groups in total. The van der Waals surface area contributed by atoms with Gasteiger partial charge in [-0.3, -0.25) is 4.79 Å². The summed E-state index contributed by atoms with van der Waals surface area (Å²) in [6.07, 6.45) is 2.03. The Morgan fingerprint density at radius 1 is 1.35 bits per heavy atom. The van der Waals surface area contributed by atoms with Gasteiger partial charge >= 0.3 is 0 Å². The van der Waals surface area contributed by atoms with Crippen LogP contribution in [0.1, 0.15) is 32.3 Å². The third-order valence-corrected chi connectivity index (χ3v) is 3.61. The van der Waals surface area contributed by atoms with Crippen molar-refractivity contribution in [1.82, 2.24) is 5.32 Å². The maximum absolute atomic E-state index is 11.9. The third kappa shape index (κ3) is 6.40. The first-order valence-corrected chi connectivity index (χ1v) is 7.51. The SMILES string of the molecule is CC(C)CC(CCO)CNC(=O)Cc1ccccc1Cl. The van der Waals surface area contributed by atoms with Crippen LogP contribution < -0.4 is 5.32 Å². The fourth-order valence-electron chi connectivity index (χ4n) is 2.29. The average molecular weight is 298 g/mol. The number of rotatable bonds is 8. The lowest BCUT2D eigenvalue weighted by Gasteiger charge is -2.18. The lowest BCUT2D eigenvalue weighted by atomic mass is 9.94. The van der Waals surface area contributed by atoms with Crippen LogP contribution in [-0.2, 0) is 11.2 Å². The van der Waals surface area contributed by atoms with Gasteiger partial charge in [-0.25, -0.2) is 0 Å². The van der Waals surface area contributed by atoms with Crippen molar-refractivity contribution < 1.29 is 9.90 Å². The summed E-state index contributed by atoms with van der Waals surface area (Å²) in [7, 11) is 0. The molecular formula is C16H24ClNO2. The van der Waals surface area contributed by atoms with Crippen LogP contribution in [0.15, 0.2) is 24.3 Å². The summed E-state index contributed by atoms with van der Waals surface area (Å²) in [5, 5.41) is 12.6. The van der Waals surface area contributed by atoms with Crippen LogP contribution in [0.4, 0.5) is 0 Å². The molecule has 1 rings (SSSR count). The molecule has 112 valence electrons. The van der Waals surface area contributed by atoms with E-state index in [1.54, 1.807) is 6.07 Å². The highest BCUT2D eigenvalue weighted by Crippen LogP contribution is 2.16. The van der Waals surface area contributed by atoms with Crippen molar-refractivity contribution in [2.24, 2.45) is 11.8 Å². The van der Waals surface area contributed by atoms with E-state index in [0.717, 1.165) is 18.4 Å². The van der Waals surface area contributed by atoms with Gasteiger partial charge in [-0.05, 0) is 36.3 Å². The van der Waals surface area contributed by atoms with Crippen molar-refractivity contribution in [3.63, 3.8) is 0 Å². The van der Waals surface area contributed by atoms with E-state index in [-0.39, 0.29) is 12.5 Å². The summed E-state index contributed by atoms with van der Waals surface area (Å²) in [5.74, 6) is 0.868. The lowest BCUT2D eigenvalue weighted by molar-refractivity contribution is -0.120. The smallest absolute Gasteiger partial charge is 0.224 e. The Kier molecular flexibility index (Phi) is 7.63. The van der Waals surface area contributed by atoms with Crippen molar-refractivity contribution >= 4 is 17.5 Å². The largest absolute Gasteiger partial charge is 0.396 e. The second kappa shape index (κ2) is 8.98. The van der Waals surface area contributed by atoms with Gasteiger partial charge in [-0.2, -0.15) is 0 Å². The van der Waals surface area contributed by atoms with E-state index in [0.29, 0.717) is 29.8 Å². The number of benzene rings is 1. The molecule has 1 atom stereocenters. The molecule has 0 heterocycles. The zero-order valence-corrected chi connectivity index (χ0v) is 13.0. The van der Waals surface area contributed by atoms with Crippen molar-refractivity contribution in [3.8, 4) is 0 Å². The number of hydrogen-bond donors (Lipinski definition) is 2. The molecule has 1 aromatic rings. The number of carbonyl (C=O) groups is 1. The van der Waals surface area contributed by atoms with E-state index in [2.05, 4.69) is 19.2 Å². The van der Waals surface area contributed by atoms with Gasteiger partial charge in [0.15, 0.2) is 0 Å². The van der Waals surface area contributed by atoms with Crippen LogP contribution in [0.3, 0.4) is 0 Å². The fraction of sp³-hybridized carbons (Fsp3) is 0.562. The molecule has 20 heavy (non-hydrogen) atoms. The number of carbonyl (C=O) groups excluding carboxylic acids is 1. The van der Waals surface area contributed by atoms with Crippen LogP contribution in [0.2, 0.25) is 5.02 Å². The van der Waals surface area contributed by atoms with E-state index in [4.69, 9.17) is 16.7 Å². The predicted octanol–water partition coefficient (Wildman–Crippen LogP) is 3.04. The molecule has 4 heteroatoms. The van der Waals surface area contributed by atoms with Gasteiger partial charge in [0.2, 0.25) is 5.91 Å². The Bertz CT molecular complexity index is 421. The number of hydrogen-bond acceptors (Lipinski definition) is 2. The predicted molar refractivity (Wildman–Crippen MR) is 82.8 cm³/mol. The minimum Gasteiger partial charge on any atom is -0.396 e. The van der Waals surface area contributed by atoms with Crippen LogP contribution in [-0.4, -0.2) is 24.2 Å². The zero-order valence-electron chi connectivity index (χ0n) is 12.2. The number of nitrogens with one attached hydrogen (secondary N) is 1. The van der Waals surface area contributed by atoms with E-state index in [1.807, 2.05) is 18.2 Å². The average Bonchev–Trinajstić information content (AvgIpc) is 2.38. The van der Waals surface area contributed by atoms with Gasteiger partial charge < -0.3 is 10.4 Å². The summed E-state index contributed by atoms with van der Waals surface area (Å²) in [5.41, 5.74) is 0.842. The monoisotopic (exact) mass is 297 g/mol. The molecule has 0 fully saturated rings. The maximum Gasteiger partial charge on any atom is 0.224 e. The van der Waals surface area contributed by atoms with Crippen molar-refractivity contribution in [2.75, 3.05) is 13.2 Å². The maximum atomic E-state index is 11.9. The van der Waals surface area contributed by atoms with Crippen LogP contribution in [0.25, 0.3) is 0 Å². The first-order chi connectivity index (χ1) is 9.52. The highest BCUT2D eigenvalue weighted by Gasteiger charge is 2.13. The molecule has 0 aliphatic rings. The van der Waals surface area contributed by atoms with E-state index in [1.165, 1.54) is 0 Å². The molecule has 0 aromatic heterocycles. The van der Waals surface area contributed by atoms with Gasteiger partial charge in [-0.15, -0.1) is 0 Å². The molecule has 1 amide bonds. The standard InChI is InChI=1S/C16H24ClNO2/c1-12(2)9-13(7-8-19)11-18-16(20)10-14-5-3-4-6-15(14)17/h3-6,12-13,19H,7-11H2,1-2H3,(H,18,20). The second-order valence-electron chi connectivity index (χ2n) is 5.58. The summed E-state index contributed by atoms with van der Waals surface area (Å²) in [4.78, 5) is 11.9. The molecule has 0 spiro atoms.